The molecule has 1 aromatic heterocycles. The molecule has 3 rings (SSSR count). The molecule has 1 heterocycles. The SMILES string of the molecule is Cc1cc(C)c2oc(-c3ccccc3Cl)c(O)c(=O)c2c1. The molecule has 0 spiro atoms. The van der Waals surface area contributed by atoms with Crippen molar-refractivity contribution in [3.05, 3.63) is 62.8 Å². The Morgan fingerprint density at radius 3 is 2.57 bits per heavy atom. The van der Waals surface area contributed by atoms with Crippen LogP contribution >= 0.6 is 11.6 Å². The Balaban J connectivity index is 2.44. The fraction of sp³-hybridized carbons (Fsp3) is 0.118. The molecule has 3 nitrogen and oxygen atoms in total. The molecule has 0 aliphatic rings. The summed E-state index contributed by atoms with van der Waals surface area (Å²) in [6, 6.07) is 10.6. The molecule has 21 heavy (non-hydrogen) atoms. The van der Waals surface area contributed by atoms with Gasteiger partial charge in [0.2, 0.25) is 11.2 Å². The summed E-state index contributed by atoms with van der Waals surface area (Å²) >= 11 is 6.13. The maximum Gasteiger partial charge on any atom is 0.235 e. The summed E-state index contributed by atoms with van der Waals surface area (Å²) in [5.74, 6) is -0.314. The lowest BCUT2D eigenvalue weighted by atomic mass is 10.1. The van der Waals surface area contributed by atoms with Crippen LogP contribution in [0.3, 0.4) is 0 Å². The van der Waals surface area contributed by atoms with E-state index in [-0.39, 0.29) is 5.76 Å². The highest BCUT2D eigenvalue weighted by atomic mass is 35.5. The Labute approximate surface area is 126 Å². The summed E-state index contributed by atoms with van der Waals surface area (Å²) in [5.41, 5.74) is 2.31. The molecule has 4 heteroatoms. The Morgan fingerprint density at radius 1 is 1.14 bits per heavy atom. The van der Waals surface area contributed by atoms with Gasteiger partial charge in [0.05, 0.1) is 10.4 Å². The van der Waals surface area contributed by atoms with Gasteiger partial charge in [-0.15, -0.1) is 0 Å². The molecule has 0 aliphatic heterocycles. The molecule has 0 bridgehead atoms. The standard InChI is InChI=1S/C17H13ClO3/c1-9-7-10(2)16-12(8-9)14(19)15(20)17(21-16)11-5-3-4-6-13(11)18/h3-8,20H,1-2H3. The lowest BCUT2D eigenvalue weighted by molar-refractivity contribution is 0.449. The zero-order valence-electron chi connectivity index (χ0n) is 11.6. The van der Waals surface area contributed by atoms with Crippen molar-refractivity contribution in [2.75, 3.05) is 0 Å². The Bertz CT molecular complexity index is 910. The molecule has 3 aromatic rings. The lowest BCUT2D eigenvalue weighted by Crippen LogP contribution is -2.04. The van der Waals surface area contributed by atoms with Gasteiger partial charge < -0.3 is 9.52 Å². The summed E-state index contributed by atoms with van der Waals surface area (Å²) in [4.78, 5) is 12.4. The molecule has 0 fully saturated rings. The fourth-order valence-corrected chi connectivity index (χ4v) is 2.69. The second-order valence-electron chi connectivity index (χ2n) is 5.05. The van der Waals surface area contributed by atoms with Gasteiger partial charge in [0.15, 0.2) is 5.76 Å². The quantitative estimate of drug-likeness (QED) is 0.723. The van der Waals surface area contributed by atoms with E-state index in [9.17, 15) is 9.90 Å². The second-order valence-corrected chi connectivity index (χ2v) is 5.45. The first-order valence-corrected chi connectivity index (χ1v) is 6.88. The van der Waals surface area contributed by atoms with Crippen molar-refractivity contribution in [3.63, 3.8) is 0 Å². The fourth-order valence-electron chi connectivity index (χ4n) is 2.47. The highest BCUT2D eigenvalue weighted by molar-refractivity contribution is 6.33. The van der Waals surface area contributed by atoms with Crippen LogP contribution < -0.4 is 5.43 Å². The minimum absolute atomic E-state index is 0.102. The molecule has 0 saturated carbocycles. The van der Waals surface area contributed by atoms with Gasteiger partial charge in [0, 0.05) is 5.56 Å². The first-order valence-electron chi connectivity index (χ1n) is 6.51. The lowest BCUT2D eigenvalue weighted by Gasteiger charge is -2.09. The van der Waals surface area contributed by atoms with Crippen LogP contribution in [0.1, 0.15) is 11.1 Å². The number of halogens is 1. The van der Waals surface area contributed by atoms with Crippen molar-refractivity contribution in [2.24, 2.45) is 0 Å². The summed E-state index contributed by atoms with van der Waals surface area (Å²) in [6.45, 7) is 3.76. The van der Waals surface area contributed by atoms with Gasteiger partial charge in [-0.3, -0.25) is 4.79 Å². The zero-order chi connectivity index (χ0) is 15.1. The first kappa shape index (κ1) is 13.7. The number of rotatable bonds is 1. The van der Waals surface area contributed by atoms with Crippen LogP contribution in [0.25, 0.3) is 22.3 Å². The predicted octanol–water partition coefficient (Wildman–Crippen LogP) is 4.44. The van der Waals surface area contributed by atoms with Crippen molar-refractivity contribution in [3.8, 4) is 17.1 Å². The third-order valence-electron chi connectivity index (χ3n) is 3.42. The highest BCUT2D eigenvalue weighted by Gasteiger charge is 2.18. The normalized spacial score (nSPS) is 11.0. The van der Waals surface area contributed by atoms with Crippen molar-refractivity contribution >= 4 is 22.6 Å². The maximum absolute atomic E-state index is 12.4. The molecule has 0 unspecified atom stereocenters. The van der Waals surface area contributed by atoms with Gasteiger partial charge in [0.1, 0.15) is 5.58 Å². The highest BCUT2D eigenvalue weighted by Crippen LogP contribution is 2.35. The third kappa shape index (κ3) is 2.20. The summed E-state index contributed by atoms with van der Waals surface area (Å²) in [7, 11) is 0. The van der Waals surface area contributed by atoms with Gasteiger partial charge in [-0.2, -0.15) is 0 Å². The van der Waals surface area contributed by atoms with E-state index in [1.54, 1.807) is 30.3 Å². The van der Waals surface area contributed by atoms with Crippen LogP contribution in [-0.4, -0.2) is 5.11 Å². The molecule has 0 amide bonds. The van der Waals surface area contributed by atoms with E-state index in [0.29, 0.717) is 21.6 Å². The van der Waals surface area contributed by atoms with Gasteiger partial charge >= 0.3 is 0 Å². The number of fused-ring (bicyclic) bond motifs is 1. The molecule has 1 N–H and O–H groups in total. The molecule has 0 aliphatic carbocycles. The van der Waals surface area contributed by atoms with E-state index in [0.717, 1.165) is 11.1 Å². The van der Waals surface area contributed by atoms with Crippen molar-refractivity contribution < 1.29 is 9.52 Å². The molecule has 0 atom stereocenters. The molecule has 0 saturated heterocycles. The summed E-state index contributed by atoms with van der Waals surface area (Å²) < 4.78 is 5.79. The topological polar surface area (TPSA) is 50.4 Å². The third-order valence-corrected chi connectivity index (χ3v) is 3.75. The minimum atomic E-state index is -0.446. The summed E-state index contributed by atoms with van der Waals surface area (Å²) in [6.07, 6.45) is 0. The monoisotopic (exact) mass is 300 g/mol. The van der Waals surface area contributed by atoms with Crippen LogP contribution in [0, 0.1) is 13.8 Å². The van der Waals surface area contributed by atoms with E-state index < -0.39 is 11.2 Å². The zero-order valence-corrected chi connectivity index (χ0v) is 12.4. The van der Waals surface area contributed by atoms with Gasteiger partial charge in [-0.1, -0.05) is 29.8 Å². The van der Waals surface area contributed by atoms with E-state index in [1.165, 1.54) is 0 Å². The molecular weight excluding hydrogens is 288 g/mol. The van der Waals surface area contributed by atoms with E-state index in [1.807, 2.05) is 19.9 Å². The van der Waals surface area contributed by atoms with E-state index in [4.69, 9.17) is 16.0 Å². The average molecular weight is 301 g/mol. The number of aryl methyl sites for hydroxylation is 2. The van der Waals surface area contributed by atoms with Crippen molar-refractivity contribution in [1.29, 1.82) is 0 Å². The van der Waals surface area contributed by atoms with Crippen LogP contribution in [0.4, 0.5) is 0 Å². The molecule has 106 valence electrons. The summed E-state index contributed by atoms with van der Waals surface area (Å²) in [5, 5.41) is 11.0. The van der Waals surface area contributed by atoms with Gasteiger partial charge in [-0.05, 0) is 43.2 Å². The number of hydrogen-bond donors (Lipinski definition) is 1. The van der Waals surface area contributed by atoms with E-state index >= 15 is 0 Å². The number of benzene rings is 2. The molecular formula is C17H13ClO3. The molecule has 0 radical (unpaired) electrons. The Kier molecular flexibility index (Phi) is 3.22. The van der Waals surface area contributed by atoms with Crippen LogP contribution in [0.5, 0.6) is 5.75 Å². The Morgan fingerprint density at radius 2 is 1.86 bits per heavy atom. The smallest absolute Gasteiger partial charge is 0.235 e. The van der Waals surface area contributed by atoms with Gasteiger partial charge in [-0.25, -0.2) is 0 Å². The number of aromatic hydroxyl groups is 1. The minimum Gasteiger partial charge on any atom is -0.502 e. The second kappa shape index (κ2) is 4.93. The predicted molar refractivity (Wildman–Crippen MR) is 84.1 cm³/mol. The van der Waals surface area contributed by atoms with Crippen molar-refractivity contribution in [2.45, 2.75) is 13.8 Å². The Hall–Kier alpha value is -2.26. The van der Waals surface area contributed by atoms with Crippen LogP contribution in [0.2, 0.25) is 5.02 Å². The van der Waals surface area contributed by atoms with Crippen molar-refractivity contribution in [1.82, 2.24) is 0 Å². The average Bonchev–Trinajstić information content (AvgIpc) is 2.44. The maximum atomic E-state index is 12.4. The van der Waals surface area contributed by atoms with E-state index in [2.05, 4.69) is 0 Å². The number of hydrogen-bond acceptors (Lipinski definition) is 3. The van der Waals surface area contributed by atoms with Crippen LogP contribution in [-0.2, 0) is 0 Å². The van der Waals surface area contributed by atoms with Gasteiger partial charge in [0.25, 0.3) is 0 Å². The van der Waals surface area contributed by atoms with Crippen LogP contribution in [0.15, 0.2) is 45.6 Å². The largest absolute Gasteiger partial charge is 0.502 e. The first-order chi connectivity index (χ1) is 9.99. The molecule has 2 aromatic carbocycles.